The lowest BCUT2D eigenvalue weighted by Crippen LogP contribution is -2.42. The Hall–Kier alpha value is -1.53. The molecule has 23 heavy (non-hydrogen) atoms. The number of aliphatic hydroxyl groups excluding tert-OH is 1. The van der Waals surface area contributed by atoms with Crippen molar-refractivity contribution in [3.05, 3.63) is 33.8 Å². The van der Waals surface area contributed by atoms with Crippen LogP contribution < -0.4 is 9.47 Å². The number of aliphatic hydroxyl groups is 1. The Balaban J connectivity index is 2.04. The average Bonchev–Trinajstić information content (AvgIpc) is 2.80. The number of amides is 1. The second-order valence-electron chi connectivity index (χ2n) is 6.43. The molecule has 3 aliphatic rings. The summed E-state index contributed by atoms with van der Waals surface area (Å²) in [6.45, 7) is 0.646. The Morgan fingerprint density at radius 1 is 1.52 bits per heavy atom. The van der Waals surface area contributed by atoms with Gasteiger partial charge in [0.1, 0.15) is 6.10 Å². The molecule has 2 heterocycles. The van der Waals surface area contributed by atoms with Gasteiger partial charge in [-0.25, -0.2) is 0 Å². The second-order valence-corrected chi connectivity index (χ2v) is 7.28. The fourth-order valence-corrected chi connectivity index (χ4v) is 4.58. The number of methoxy groups -OCH3 is 1. The van der Waals surface area contributed by atoms with Crippen molar-refractivity contribution in [2.24, 2.45) is 0 Å². The van der Waals surface area contributed by atoms with Crippen LogP contribution in [0, 0.1) is 0 Å². The number of hydrogen-bond donors (Lipinski definition) is 1. The smallest absolute Gasteiger partial charge is 0.254 e. The summed E-state index contributed by atoms with van der Waals surface area (Å²) in [6, 6.07) is 1.83. The normalized spacial score (nSPS) is 31.3. The zero-order valence-corrected chi connectivity index (χ0v) is 14.6. The van der Waals surface area contributed by atoms with Gasteiger partial charge in [0.15, 0.2) is 11.5 Å². The van der Waals surface area contributed by atoms with Gasteiger partial charge in [0.2, 0.25) is 0 Å². The van der Waals surface area contributed by atoms with Crippen molar-refractivity contribution in [2.75, 3.05) is 20.7 Å². The van der Waals surface area contributed by atoms with Crippen molar-refractivity contribution in [3.63, 3.8) is 0 Å². The molecule has 1 aliphatic carbocycles. The van der Waals surface area contributed by atoms with E-state index in [2.05, 4.69) is 15.9 Å². The minimum absolute atomic E-state index is 0.00903. The standard InChI is InChI=1S/C17H18BrNO4/c1-19-6-5-17-4-3-9(20)7-12(17)23-15-13(17)10(16(19)21)8-11(18)14(15)22-2/h3-4,8-9,12,20H,5-7H2,1-2H3/t9-,12-,17-/m0/s1. The molecular formula is C17H18BrNO4. The van der Waals surface area contributed by atoms with E-state index in [1.54, 1.807) is 12.0 Å². The summed E-state index contributed by atoms with van der Waals surface area (Å²) < 4.78 is 12.4. The van der Waals surface area contributed by atoms with E-state index >= 15 is 0 Å². The molecule has 0 bridgehead atoms. The zero-order valence-electron chi connectivity index (χ0n) is 13.0. The van der Waals surface area contributed by atoms with Crippen LogP contribution >= 0.6 is 15.9 Å². The van der Waals surface area contributed by atoms with E-state index in [1.807, 2.05) is 25.3 Å². The fraction of sp³-hybridized carbons (Fsp3) is 0.471. The van der Waals surface area contributed by atoms with E-state index in [-0.39, 0.29) is 17.4 Å². The number of carbonyl (C=O) groups is 1. The zero-order chi connectivity index (χ0) is 16.4. The lowest BCUT2D eigenvalue weighted by atomic mass is 9.69. The van der Waals surface area contributed by atoms with Gasteiger partial charge in [-0.15, -0.1) is 0 Å². The fourth-order valence-electron chi connectivity index (χ4n) is 4.01. The lowest BCUT2D eigenvalue weighted by Gasteiger charge is -2.35. The van der Waals surface area contributed by atoms with Crippen molar-refractivity contribution in [1.29, 1.82) is 0 Å². The molecule has 1 spiro atoms. The molecule has 5 nitrogen and oxygen atoms in total. The molecule has 3 atom stereocenters. The molecule has 0 saturated heterocycles. The molecule has 1 aromatic carbocycles. The minimum Gasteiger partial charge on any atom is -0.492 e. The molecule has 2 aliphatic heterocycles. The van der Waals surface area contributed by atoms with Crippen molar-refractivity contribution < 1.29 is 19.4 Å². The maximum absolute atomic E-state index is 12.8. The maximum atomic E-state index is 12.8. The van der Waals surface area contributed by atoms with Crippen LogP contribution in [0.25, 0.3) is 0 Å². The molecular weight excluding hydrogens is 362 g/mol. The molecule has 0 unspecified atom stereocenters. The quantitative estimate of drug-likeness (QED) is 0.760. The molecule has 0 saturated carbocycles. The molecule has 122 valence electrons. The molecule has 1 amide bonds. The van der Waals surface area contributed by atoms with Gasteiger partial charge in [-0.1, -0.05) is 12.2 Å². The summed E-state index contributed by atoms with van der Waals surface area (Å²) >= 11 is 3.48. The highest BCUT2D eigenvalue weighted by Gasteiger charge is 2.54. The van der Waals surface area contributed by atoms with Crippen molar-refractivity contribution in [2.45, 2.75) is 30.5 Å². The van der Waals surface area contributed by atoms with Gasteiger partial charge in [-0.05, 0) is 28.4 Å². The largest absolute Gasteiger partial charge is 0.492 e. The second kappa shape index (κ2) is 4.98. The summed E-state index contributed by atoms with van der Waals surface area (Å²) in [6.07, 6.45) is 4.44. The van der Waals surface area contributed by atoms with E-state index < -0.39 is 6.10 Å². The molecule has 0 aromatic heterocycles. The predicted octanol–water partition coefficient (Wildman–Crippen LogP) is 2.25. The van der Waals surface area contributed by atoms with Crippen molar-refractivity contribution >= 4 is 21.8 Å². The van der Waals surface area contributed by atoms with Gasteiger partial charge in [0, 0.05) is 31.1 Å². The highest BCUT2D eigenvalue weighted by atomic mass is 79.9. The summed E-state index contributed by atoms with van der Waals surface area (Å²) in [5.74, 6) is 1.23. The van der Waals surface area contributed by atoms with E-state index in [1.165, 1.54) is 0 Å². The predicted molar refractivity (Wildman–Crippen MR) is 88.1 cm³/mol. The first-order valence-electron chi connectivity index (χ1n) is 7.68. The summed E-state index contributed by atoms with van der Waals surface area (Å²) in [7, 11) is 3.41. The van der Waals surface area contributed by atoms with Crippen LogP contribution in [-0.4, -0.2) is 48.8 Å². The topological polar surface area (TPSA) is 59.0 Å². The first-order valence-corrected chi connectivity index (χ1v) is 8.47. The third-order valence-corrected chi connectivity index (χ3v) is 5.79. The summed E-state index contributed by atoms with van der Waals surface area (Å²) in [4.78, 5) is 14.5. The van der Waals surface area contributed by atoms with Crippen LogP contribution in [0.4, 0.5) is 0 Å². The summed E-state index contributed by atoms with van der Waals surface area (Å²) in [5.41, 5.74) is 1.18. The van der Waals surface area contributed by atoms with Crippen LogP contribution in [0.1, 0.15) is 28.8 Å². The third kappa shape index (κ3) is 1.91. The van der Waals surface area contributed by atoms with Gasteiger partial charge < -0.3 is 19.5 Å². The van der Waals surface area contributed by atoms with Crippen LogP contribution in [-0.2, 0) is 5.41 Å². The Labute approximate surface area is 143 Å². The minimum atomic E-state index is -0.519. The summed E-state index contributed by atoms with van der Waals surface area (Å²) in [5, 5.41) is 10.0. The number of ether oxygens (including phenoxy) is 2. The molecule has 0 fully saturated rings. The molecule has 1 aromatic rings. The van der Waals surface area contributed by atoms with Crippen LogP contribution in [0.3, 0.4) is 0 Å². The molecule has 6 heteroatoms. The third-order valence-electron chi connectivity index (χ3n) is 5.20. The number of benzene rings is 1. The van der Waals surface area contributed by atoms with Gasteiger partial charge in [-0.3, -0.25) is 4.79 Å². The van der Waals surface area contributed by atoms with Gasteiger partial charge in [0.05, 0.1) is 23.1 Å². The van der Waals surface area contributed by atoms with Crippen LogP contribution in [0.5, 0.6) is 11.5 Å². The monoisotopic (exact) mass is 379 g/mol. The Kier molecular flexibility index (Phi) is 3.25. The Bertz CT molecular complexity index is 732. The lowest BCUT2D eigenvalue weighted by molar-refractivity contribution is 0.0730. The maximum Gasteiger partial charge on any atom is 0.254 e. The van der Waals surface area contributed by atoms with Gasteiger partial charge >= 0.3 is 0 Å². The van der Waals surface area contributed by atoms with E-state index in [4.69, 9.17) is 9.47 Å². The van der Waals surface area contributed by atoms with Crippen LogP contribution in [0.2, 0.25) is 0 Å². The van der Waals surface area contributed by atoms with Gasteiger partial charge in [0.25, 0.3) is 5.91 Å². The number of halogens is 1. The Morgan fingerprint density at radius 2 is 2.30 bits per heavy atom. The van der Waals surface area contributed by atoms with Crippen molar-refractivity contribution in [1.82, 2.24) is 4.90 Å². The highest BCUT2D eigenvalue weighted by Crippen LogP contribution is 2.57. The molecule has 1 N–H and O–H groups in total. The highest BCUT2D eigenvalue weighted by molar-refractivity contribution is 9.10. The van der Waals surface area contributed by atoms with Gasteiger partial charge in [-0.2, -0.15) is 0 Å². The first kappa shape index (κ1) is 15.0. The number of carbonyl (C=O) groups excluding carboxylic acids is 1. The van der Waals surface area contributed by atoms with Crippen molar-refractivity contribution in [3.8, 4) is 11.5 Å². The first-order chi connectivity index (χ1) is 11.0. The number of rotatable bonds is 1. The SMILES string of the molecule is COc1c(Br)cc2c3c1O[C@H]1C[C@@H](O)C=C[C@@]31CCN(C)C2=O. The van der Waals surface area contributed by atoms with Crippen LogP contribution in [0.15, 0.2) is 22.7 Å². The molecule has 0 radical (unpaired) electrons. The number of nitrogens with zero attached hydrogens (tertiary/aromatic N) is 1. The van der Waals surface area contributed by atoms with E-state index in [0.717, 1.165) is 12.0 Å². The number of hydrogen-bond acceptors (Lipinski definition) is 4. The van der Waals surface area contributed by atoms with E-state index in [9.17, 15) is 9.90 Å². The Morgan fingerprint density at radius 3 is 3.04 bits per heavy atom. The van der Waals surface area contributed by atoms with E-state index in [0.29, 0.717) is 34.5 Å². The average molecular weight is 380 g/mol. The molecule has 4 rings (SSSR count).